The summed E-state index contributed by atoms with van der Waals surface area (Å²) in [5.41, 5.74) is 0.810. The summed E-state index contributed by atoms with van der Waals surface area (Å²) in [6, 6.07) is 9.37. The van der Waals surface area contributed by atoms with E-state index >= 15 is 0 Å². The van der Waals surface area contributed by atoms with Crippen LogP contribution in [0.4, 0.5) is 4.79 Å². The summed E-state index contributed by atoms with van der Waals surface area (Å²) in [5.74, 6) is -0.579. The van der Waals surface area contributed by atoms with Gasteiger partial charge in [0.1, 0.15) is 0 Å². The molecule has 1 aromatic carbocycles. The summed E-state index contributed by atoms with van der Waals surface area (Å²) in [5, 5.41) is 22.0. The van der Waals surface area contributed by atoms with Crippen molar-refractivity contribution in [1.82, 2.24) is 10.2 Å². The van der Waals surface area contributed by atoms with Crippen LogP contribution in [0.1, 0.15) is 45.1 Å². The Kier molecular flexibility index (Phi) is 7.66. The van der Waals surface area contributed by atoms with Gasteiger partial charge in [-0.2, -0.15) is 0 Å². The van der Waals surface area contributed by atoms with Gasteiger partial charge >= 0.3 is 12.0 Å². The number of amides is 2. The fourth-order valence-electron chi connectivity index (χ4n) is 3.80. The largest absolute Gasteiger partial charge is 0.481 e. The molecule has 0 aliphatic carbocycles. The molecule has 0 saturated carbocycles. The van der Waals surface area contributed by atoms with Gasteiger partial charge in [0, 0.05) is 31.0 Å². The summed E-state index contributed by atoms with van der Waals surface area (Å²) >= 11 is 0. The van der Waals surface area contributed by atoms with Crippen LogP contribution < -0.4 is 5.32 Å². The lowest BCUT2D eigenvalue weighted by atomic mass is 9.72. The van der Waals surface area contributed by atoms with Crippen LogP contribution >= 0.6 is 0 Å². The zero-order chi connectivity index (χ0) is 19.9. The van der Waals surface area contributed by atoms with Crippen molar-refractivity contribution in [1.29, 1.82) is 0 Å². The number of aliphatic hydroxyl groups excluding tert-OH is 1. The molecule has 2 unspecified atom stereocenters. The predicted octanol–water partition coefficient (Wildman–Crippen LogP) is 2.90. The molecule has 2 atom stereocenters. The molecular formula is C21H32N2O4. The molecule has 1 aliphatic heterocycles. The summed E-state index contributed by atoms with van der Waals surface area (Å²) in [7, 11) is 0. The normalized spacial score (nSPS) is 21.1. The second kappa shape index (κ2) is 9.74. The molecule has 0 aromatic heterocycles. The molecule has 1 aromatic rings. The Labute approximate surface area is 161 Å². The van der Waals surface area contributed by atoms with Crippen molar-refractivity contribution in [2.24, 2.45) is 11.3 Å². The van der Waals surface area contributed by atoms with Crippen molar-refractivity contribution in [3.63, 3.8) is 0 Å². The fraction of sp³-hybridized carbons (Fsp3) is 0.619. The van der Waals surface area contributed by atoms with Crippen molar-refractivity contribution in [3.8, 4) is 0 Å². The molecular weight excluding hydrogens is 344 g/mol. The first-order valence-electron chi connectivity index (χ1n) is 9.78. The van der Waals surface area contributed by atoms with Gasteiger partial charge in [0.2, 0.25) is 0 Å². The van der Waals surface area contributed by atoms with E-state index in [1.54, 1.807) is 4.90 Å². The zero-order valence-electron chi connectivity index (χ0n) is 16.4. The van der Waals surface area contributed by atoms with E-state index in [0.29, 0.717) is 25.9 Å². The van der Waals surface area contributed by atoms with Gasteiger partial charge in [-0.05, 0) is 37.2 Å². The number of carbonyl (C=O) groups excluding carboxylic acids is 1. The van der Waals surface area contributed by atoms with E-state index in [2.05, 4.69) is 19.2 Å². The minimum atomic E-state index is -0.862. The molecule has 0 bridgehead atoms. The fourth-order valence-corrected chi connectivity index (χ4v) is 3.80. The van der Waals surface area contributed by atoms with Gasteiger partial charge in [-0.25, -0.2) is 4.79 Å². The first-order chi connectivity index (χ1) is 12.9. The van der Waals surface area contributed by atoms with E-state index in [9.17, 15) is 14.7 Å². The minimum absolute atomic E-state index is 0.0182. The molecule has 2 amide bonds. The minimum Gasteiger partial charge on any atom is -0.481 e. The van der Waals surface area contributed by atoms with E-state index in [1.165, 1.54) is 0 Å². The van der Waals surface area contributed by atoms with Crippen LogP contribution in [0, 0.1) is 11.3 Å². The number of benzene rings is 1. The van der Waals surface area contributed by atoms with Gasteiger partial charge in [0.05, 0.1) is 6.61 Å². The SMILES string of the molecule is CC(C)C1(CO)CCCN(C(=O)NC(CCC(=O)O)Cc2ccccc2)C1. The second-order valence-corrected chi connectivity index (χ2v) is 7.97. The number of nitrogens with zero attached hydrogens (tertiary/aromatic N) is 1. The van der Waals surface area contributed by atoms with Gasteiger partial charge in [-0.3, -0.25) is 4.79 Å². The Morgan fingerprint density at radius 1 is 1.26 bits per heavy atom. The van der Waals surface area contributed by atoms with Gasteiger partial charge in [0.25, 0.3) is 0 Å². The molecule has 150 valence electrons. The smallest absolute Gasteiger partial charge is 0.317 e. The number of nitrogens with one attached hydrogen (secondary N) is 1. The highest BCUT2D eigenvalue weighted by Gasteiger charge is 2.39. The number of carbonyl (C=O) groups is 2. The van der Waals surface area contributed by atoms with Crippen LogP contribution in [-0.2, 0) is 11.2 Å². The molecule has 1 aliphatic rings. The van der Waals surface area contributed by atoms with Crippen molar-refractivity contribution in [2.45, 2.75) is 52.0 Å². The van der Waals surface area contributed by atoms with E-state index in [-0.39, 0.29) is 36.4 Å². The molecule has 6 heteroatoms. The lowest BCUT2D eigenvalue weighted by Gasteiger charge is -2.44. The lowest BCUT2D eigenvalue weighted by molar-refractivity contribution is -0.137. The topological polar surface area (TPSA) is 89.9 Å². The Morgan fingerprint density at radius 2 is 1.96 bits per heavy atom. The number of aliphatic hydroxyl groups is 1. The predicted molar refractivity (Wildman–Crippen MR) is 104 cm³/mol. The van der Waals surface area contributed by atoms with Crippen LogP contribution in [0.3, 0.4) is 0 Å². The number of aliphatic carboxylic acids is 1. The quantitative estimate of drug-likeness (QED) is 0.651. The van der Waals surface area contributed by atoms with E-state index < -0.39 is 5.97 Å². The number of hydrogen-bond acceptors (Lipinski definition) is 3. The number of hydrogen-bond donors (Lipinski definition) is 3. The third kappa shape index (κ3) is 5.96. The monoisotopic (exact) mass is 376 g/mol. The van der Waals surface area contributed by atoms with E-state index in [1.807, 2.05) is 30.3 Å². The van der Waals surface area contributed by atoms with Gasteiger partial charge < -0.3 is 20.4 Å². The summed E-state index contributed by atoms with van der Waals surface area (Å²) in [6.45, 7) is 5.44. The molecule has 0 spiro atoms. The number of carboxylic acids is 1. The third-order valence-electron chi connectivity index (χ3n) is 5.79. The van der Waals surface area contributed by atoms with Gasteiger partial charge in [0.15, 0.2) is 0 Å². The Bertz CT molecular complexity index is 620. The van der Waals surface area contributed by atoms with Crippen LogP contribution in [0.2, 0.25) is 0 Å². The van der Waals surface area contributed by atoms with Crippen LogP contribution in [-0.4, -0.2) is 52.9 Å². The van der Waals surface area contributed by atoms with Crippen molar-refractivity contribution in [3.05, 3.63) is 35.9 Å². The van der Waals surface area contributed by atoms with Crippen molar-refractivity contribution in [2.75, 3.05) is 19.7 Å². The second-order valence-electron chi connectivity index (χ2n) is 7.97. The maximum atomic E-state index is 12.9. The first kappa shape index (κ1) is 21.2. The Hall–Kier alpha value is -2.08. The molecule has 3 N–H and O–H groups in total. The summed E-state index contributed by atoms with van der Waals surface area (Å²) in [6.07, 6.45) is 2.79. The van der Waals surface area contributed by atoms with Crippen molar-refractivity contribution < 1.29 is 19.8 Å². The molecule has 2 rings (SSSR count). The number of likely N-dealkylation sites (tertiary alicyclic amines) is 1. The Balaban J connectivity index is 2.04. The number of rotatable bonds is 8. The third-order valence-corrected chi connectivity index (χ3v) is 5.79. The lowest BCUT2D eigenvalue weighted by Crippen LogP contribution is -2.54. The number of carboxylic acid groups (broad SMARTS) is 1. The zero-order valence-corrected chi connectivity index (χ0v) is 16.4. The van der Waals surface area contributed by atoms with Crippen LogP contribution in [0.25, 0.3) is 0 Å². The molecule has 1 fully saturated rings. The van der Waals surface area contributed by atoms with E-state index in [4.69, 9.17) is 5.11 Å². The van der Waals surface area contributed by atoms with Crippen LogP contribution in [0.15, 0.2) is 30.3 Å². The summed E-state index contributed by atoms with van der Waals surface area (Å²) in [4.78, 5) is 25.6. The Morgan fingerprint density at radius 3 is 2.56 bits per heavy atom. The number of piperidine rings is 1. The maximum absolute atomic E-state index is 12.9. The highest BCUT2D eigenvalue weighted by Crippen LogP contribution is 2.36. The molecule has 27 heavy (non-hydrogen) atoms. The van der Waals surface area contributed by atoms with E-state index in [0.717, 1.165) is 18.4 Å². The summed E-state index contributed by atoms with van der Waals surface area (Å²) < 4.78 is 0. The molecule has 6 nitrogen and oxygen atoms in total. The van der Waals surface area contributed by atoms with Gasteiger partial charge in [-0.15, -0.1) is 0 Å². The average molecular weight is 376 g/mol. The standard InChI is InChI=1S/C21H32N2O4/c1-16(2)21(15-24)11-6-12-23(14-21)20(27)22-18(9-10-19(25)26)13-17-7-4-3-5-8-17/h3-5,7-8,16,18,24H,6,9-15H2,1-2H3,(H,22,27)(H,25,26). The molecule has 0 radical (unpaired) electrons. The average Bonchev–Trinajstić information content (AvgIpc) is 2.66. The van der Waals surface area contributed by atoms with Gasteiger partial charge in [-0.1, -0.05) is 44.2 Å². The molecule has 1 saturated heterocycles. The maximum Gasteiger partial charge on any atom is 0.317 e. The molecule has 1 heterocycles. The number of urea groups is 1. The van der Waals surface area contributed by atoms with Crippen molar-refractivity contribution >= 4 is 12.0 Å². The highest BCUT2D eigenvalue weighted by atomic mass is 16.4. The first-order valence-corrected chi connectivity index (χ1v) is 9.78. The highest BCUT2D eigenvalue weighted by molar-refractivity contribution is 5.75. The van der Waals surface area contributed by atoms with Crippen LogP contribution in [0.5, 0.6) is 0 Å².